The van der Waals surface area contributed by atoms with E-state index < -0.39 is 83.9 Å². The van der Waals surface area contributed by atoms with Gasteiger partial charge in [-0.1, -0.05) is 60.7 Å². The molecule has 0 saturated heterocycles. The lowest BCUT2D eigenvalue weighted by Crippen LogP contribution is -2.49. The van der Waals surface area contributed by atoms with Crippen LogP contribution < -0.4 is 21.3 Å². The summed E-state index contributed by atoms with van der Waals surface area (Å²) < 4.78 is 23.4. The summed E-state index contributed by atoms with van der Waals surface area (Å²) in [5.41, 5.74) is 1.71. The van der Waals surface area contributed by atoms with Crippen molar-refractivity contribution in [2.75, 3.05) is 6.54 Å². The molecule has 0 saturated carbocycles. The van der Waals surface area contributed by atoms with Gasteiger partial charge < -0.3 is 41.0 Å². The summed E-state index contributed by atoms with van der Waals surface area (Å²) in [6, 6.07) is 19.2. The van der Waals surface area contributed by atoms with Crippen LogP contribution in [0.5, 0.6) is 0 Å². The molecule has 3 rings (SSSR count). The number of Topliss-reactive ketones (excluding diaryl/α,β-unsaturated/α-hetero) is 3. The second kappa shape index (κ2) is 28.4. The molecule has 19 heteroatoms. The van der Waals surface area contributed by atoms with Gasteiger partial charge >= 0.3 is 18.0 Å². The lowest BCUT2D eigenvalue weighted by Gasteiger charge is -2.24. The van der Waals surface area contributed by atoms with Crippen LogP contribution in [0.1, 0.15) is 85.7 Å². The molecule has 0 bridgehead atoms. The molecule has 0 spiro atoms. The van der Waals surface area contributed by atoms with Crippen LogP contribution in [0, 0.1) is 11.7 Å². The molecule has 18 nitrogen and oxygen atoms in total. The van der Waals surface area contributed by atoms with Crippen molar-refractivity contribution in [3.05, 3.63) is 107 Å². The second-order valence-corrected chi connectivity index (χ2v) is 15.0. The molecule has 6 N–H and O–H groups in total. The Hall–Kier alpha value is -7.31. The number of carbonyl (C=O) groups is 10. The third-order valence-corrected chi connectivity index (χ3v) is 10.1. The fourth-order valence-corrected chi connectivity index (χ4v) is 6.61. The number of rotatable bonds is 32. The van der Waals surface area contributed by atoms with Gasteiger partial charge in [-0.2, -0.15) is 0 Å². The third-order valence-electron chi connectivity index (χ3n) is 10.1. The maximum atomic E-state index is 14.0. The summed E-state index contributed by atoms with van der Waals surface area (Å²) in [6.07, 6.45) is -4.11. The fraction of sp³-hybridized carbons (Fsp3) is 0.391. The van der Waals surface area contributed by atoms with Crippen molar-refractivity contribution in [2.24, 2.45) is 5.92 Å². The highest BCUT2D eigenvalue weighted by Gasteiger charge is 2.30. The monoisotopic (exact) mass is 903 g/mol. The first-order valence-electron chi connectivity index (χ1n) is 20.8. The SMILES string of the molecule is O=CO[C@@H](CCC(=O)NCCCC(=O)CC[C@H](NC(=O)N[C@@H](CCC(=O)O)OC=O)C(=O)O)CC(=O)[C@H](Cc1ccccc1)NC(=O)C(CC(=O)c1ccc([18F])cc1)Cc1ccccc1. The van der Waals surface area contributed by atoms with E-state index >= 15 is 0 Å². The number of amides is 4. The minimum atomic E-state index is -1.51. The number of halogens is 1. The molecule has 5 atom stereocenters. The number of ether oxygens (including phenoxy) is 2. The van der Waals surface area contributed by atoms with E-state index in [1.165, 1.54) is 12.1 Å². The van der Waals surface area contributed by atoms with Crippen molar-refractivity contribution in [2.45, 2.75) is 101 Å². The normalized spacial score (nSPS) is 13.0. The average Bonchev–Trinajstić information content (AvgIpc) is 3.28. The van der Waals surface area contributed by atoms with Gasteiger partial charge in [0.1, 0.15) is 23.7 Å². The van der Waals surface area contributed by atoms with Crippen LogP contribution in [0.25, 0.3) is 0 Å². The molecule has 0 aromatic heterocycles. The van der Waals surface area contributed by atoms with E-state index in [4.69, 9.17) is 9.84 Å². The van der Waals surface area contributed by atoms with E-state index in [-0.39, 0.29) is 101 Å². The van der Waals surface area contributed by atoms with Gasteiger partial charge in [-0.3, -0.25) is 38.4 Å². The Morgan fingerprint density at radius 3 is 1.88 bits per heavy atom. The summed E-state index contributed by atoms with van der Waals surface area (Å²) in [6.45, 7) is 0.205. The molecule has 0 radical (unpaired) electrons. The smallest absolute Gasteiger partial charge is 0.326 e. The van der Waals surface area contributed by atoms with Crippen LogP contribution in [-0.4, -0.2) is 101 Å². The maximum Gasteiger partial charge on any atom is 0.326 e. The number of carboxylic acid groups (broad SMARTS) is 2. The molecule has 1 unspecified atom stereocenters. The number of hydrogen-bond acceptors (Lipinski definition) is 12. The Balaban J connectivity index is 1.54. The first-order chi connectivity index (χ1) is 31.2. The van der Waals surface area contributed by atoms with Crippen LogP contribution in [0.2, 0.25) is 0 Å². The topological polar surface area (TPSA) is 278 Å². The maximum absolute atomic E-state index is 14.0. The lowest BCUT2D eigenvalue weighted by atomic mass is 9.90. The highest BCUT2D eigenvalue weighted by Crippen LogP contribution is 2.19. The van der Waals surface area contributed by atoms with Crippen LogP contribution in [-0.2, 0) is 60.7 Å². The molecule has 0 aliphatic rings. The summed E-state index contributed by atoms with van der Waals surface area (Å²) in [4.78, 5) is 123. The van der Waals surface area contributed by atoms with Crippen LogP contribution >= 0.6 is 0 Å². The van der Waals surface area contributed by atoms with Gasteiger partial charge in [-0.25, -0.2) is 14.0 Å². The first kappa shape index (κ1) is 52.0. The summed E-state index contributed by atoms with van der Waals surface area (Å²) >= 11 is 0. The number of urea groups is 1. The number of hydrogen-bond donors (Lipinski definition) is 6. The number of ketones is 3. The largest absolute Gasteiger partial charge is 0.481 e. The highest BCUT2D eigenvalue weighted by atomic mass is 18.2. The van der Waals surface area contributed by atoms with Crippen molar-refractivity contribution in [1.29, 1.82) is 0 Å². The quantitative estimate of drug-likeness (QED) is 0.0226. The Morgan fingerprint density at radius 2 is 1.28 bits per heavy atom. The van der Waals surface area contributed by atoms with Gasteiger partial charge in [0.2, 0.25) is 11.8 Å². The van der Waals surface area contributed by atoms with Crippen molar-refractivity contribution in [1.82, 2.24) is 21.3 Å². The molecular weight excluding hydrogens is 851 g/mol. The molecule has 0 fully saturated rings. The zero-order chi connectivity index (χ0) is 47.6. The van der Waals surface area contributed by atoms with Gasteiger partial charge in [0.05, 0.1) is 12.5 Å². The summed E-state index contributed by atoms with van der Waals surface area (Å²) in [7, 11) is 0. The van der Waals surface area contributed by atoms with E-state index in [2.05, 4.69) is 26.0 Å². The minimum absolute atomic E-state index is 0.00443. The van der Waals surface area contributed by atoms with Crippen LogP contribution in [0.15, 0.2) is 84.9 Å². The Kier molecular flexibility index (Phi) is 22.7. The number of carbonyl (C=O) groups excluding carboxylic acids is 8. The molecule has 0 heterocycles. The van der Waals surface area contributed by atoms with E-state index in [0.717, 1.165) is 17.7 Å². The molecule has 3 aromatic carbocycles. The molecular formula is C46H53FN4O14. The van der Waals surface area contributed by atoms with Gasteiger partial charge in [0.15, 0.2) is 17.8 Å². The molecule has 4 amide bonds. The van der Waals surface area contributed by atoms with Gasteiger partial charge in [-0.05, 0) is 67.5 Å². The van der Waals surface area contributed by atoms with Gasteiger partial charge in [0.25, 0.3) is 12.9 Å². The first-order valence-corrected chi connectivity index (χ1v) is 20.8. The zero-order valence-corrected chi connectivity index (χ0v) is 35.5. The Labute approximate surface area is 374 Å². The van der Waals surface area contributed by atoms with E-state index in [9.17, 15) is 57.4 Å². The second-order valence-electron chi connectivity index (χ2n) is 15.0. The number of benzene rings is 3. The molecule has 0 aliphatic heterocycles. The number of nitrogens with one attached hydrogen (secondary N) is 4. The third kappa shape index (κ3) is 20.6. The summed E-state index contributed by atoms with van der Waals surface area (Å²) in [5, 5.41) is 28.0. The highest BCUT2D eigenvalue weighted by molar-refractivity contribution is 5.99. The van der Waals surface area contributed by atoms with Crippen molar-refractivity contribution < 1.29 is 72.0 Å². The Morgan fingerprint density at radius 1 is 0.646 bits per heavy atom. The van der Waals surface area contributed by atoms with Crippen LogP contribution in [0.3, 0.4) is 0 Å². The Bertz CT molecular complexity index is 2070. The minimum Gasteiger partial charge on any atom is -0.481 e. The standard InChI is InChI=1S/C46H53FN4O14/c47-34-15-13-32(14-16-34)39(55)26-33(24-30-8-3-1-4-9-30)44(60)49-38(25-31-10-5-2-6-11-31)40(56)27-36(64-28-52)18-20-41(57)48-23-7-12-35(54)17-19-37(45(61)62)50-46(63)51-42(65-29-53)21-22-43(58)59/h1-6,8-11,13-16,28-29,33,36-38,42H,7,12,17-27H2,(H,48,57)(H,49,60)(H,58,59)(H,61,62)(H2,50,51,63)/t33?,36-,37-,38-,42+/m0/s1/i47-1. The molecule has 3 aromatic rings. The van der Waals surface area contributed by atoms with Crippen LogP contribution in [0.4, 0.5) is 9.18 Å². The van der Waals surface area contributed by atoms with Crippen molar-refractivity contribution >= 4 is 60.1 Å². The predicted molar refractivity (Wildman–Crippen MR) is 228 cm³/mol. The summed E-state index contributed by atoms with van der Waals surface area (Å²) in [5.74, 6) is -6.40. The molecule has 65 heavy (non-hydrogen) atoms. The molecule has 0 aliphatic carbocycles. The van der Waals surface area contributed by atoms with Gasteiger partial charge in [0, 0.05) is 56.6 Å². The van der Waals surface area contributed by atoms with E-state index in [0.29, 0.717) is 5.56 Å². The number of carboxylic acids is 2. The van der Waals surface area contributed by atoms with E-state index in [1.807, 2.05) is 0 Å². The van der Waals surface area contributed by atoms with E-state index in [1.54, 1.807) is 60.7 Å². The molecule has 348 valence electrons. The fourth-order valence-electron chi connectivity index (χ4n) is 6.61. The average molecular weight is 904 g/mol. The van der Waals surface area contributed by atoms with Gasteiger partial charge in [-0.15, -0.1) is 0 Å². The van der Waals surface area contributed by atoms with Crippen molar-refractivity contribution in [3.8, 4) is 0 Å². The lowest BCUT2D eigenvalue weighted by molar-refractivity contribution is -0.141. The zero-order valence-electron chi connectivity index (χ0n) is 35.5. The van der Waals surface area contributed by atoms with Crippen molar-refractivity contribution in [3.63, 3.8) is 0 Å². The number of aliphatic carboxylic acids is 2. The predicted octanol–water partition coefficient (Wildman–Crippen LogP) is 3.63.